The Morgan fingerprint density at radius 2 is 1.57 bits per heavy atom. The molecule has 228 valence electrons. The van der Waals surface area contributed by atoms with Gasteiger partial charge in [-0.15, -0.1) is 0 Å². The number of amides is 3. The number of ether oxygens (including phenoxy) is 1. The monoisotopic (exact) mass is 600 g/mol. The topological polar surface area (TPSA) is 96.2 Å². The van der Waals surface area contributed by atoms with Crippen molar-refractivity contribution in [3.05, 3.63) is 70.8 Å². The second-order valence-corrected chi connectivity index (χ2v) is 10.2. The number of fused-ring (bicyclic) bond motifs is 1. The van der Waals surface area contributed by atoms with Crippen LogP contribution in [-0.4, -0.2) is 64.4 Å². The highest BCUT2D eigenvalue weighted by atomic mass is 19.4. The maximum absolute atomic E-state index is 13.5. The van der Waals surface area contributed by atoms with Crippen LogP contribution >= 0.6 is 0 Å². The van der Waals surface area contributed by atoms with Gasteiger partial charge in [0.05, 0.1) is 17.7 Å². The average Bonchev–Trinajstić information content (AvgIpc) is 2.93. The zero-order valence-electron chi connectivity index (χ0n) is 22.5. The van der Waals surface area contributed by atoms with E-state index in [9.17, 15) is 40.7 Å². The lowest BCUT2D eigenvalue weighted by Crippen LogP contribution is -2.71. The molecule has 42 heavy (non-hydrogen) atoms. The lowest BCUT2D eigenvalue weighted by atomic mass is 9.98. The predicted molar refractivity (Wildman–Crippen MR) is 137 cm³/mol. The number of carbonyl (C=O) groups is 3. The summed E-state index contributed by atoms with van der Waals surface area (Å²) < 4.78 is 84.8. The number of halogens is 6. The van der Waals surface area contributed by atoms with E-state index < -0.39 is 54.0 Å². The van der Waals surface area contributed by atoms with E-state index in [1.807, 2.05) is 18.2 Å². The molecule has 4 rings (SSSR count). The first-order valence-electron chi connectivity index (χ1n) is 13.3. The molecule has 8 nitrogen and oxygen atoms in total. The number of carbonyl (C=O) groups excluding carboxylic acids is 3. The molecule has 0 bridgehead atoms. The van der Waals surface area contributed by atoms with Gasteiger partial charge in [0.1, 0.15) is 18.8 Å². The summed E-state index contributed by atoms with van der Waals surface area (Å²) in [6.07, 6.45) is -10.7. The number of rotatable bonds is 8. The number of alkyl halides is 6. The number of nitrogens with two attached hydrogens (primary N) is 1. The van der Waals surface area contributed by atoms with E-state index in [1.54, 1.807) is 12.1 Å². The molecule has 2 saturated heterocycles. The molecule has 0 unspecified atom stereocenters. The van der Waals surface area contributed by atoms with Crippen molar-refractivity contribution in [2.75, 3.05) is 19.6 Å². The Bertz CT molecular complexity index is 1260. The summed E-state index contributed by atoms with van der Waals surface area (Å²) in [6, 6.07) is 9.17. The number of nitrogens with zero attached hydrogens (tertiary/aromatic N) is 3. The molecular weight excluding hydrogens is 570 g/mol. The van der Waals surface area contributed by atoms with Crippen LogP contribution in [0.3, 0.4) is 0 Å². The largest absolute Gasteiger partial charge is 0.444 e. The van der Waals surface area contributed by atoms with Gasteiger partial charge in [-0.05, 0) is 55.1 Å². The molecule has 2 aliphatic rings. The van der Waals surface area contributed by atoms with Crippen LogP contribution < -0.4 is 5.73 Å². The van der Waals surface area contributed by atoms with Gasteiger partial charge < -0.3 is 20.3 Å². The lowest BCUT2D eigenvalue weighted by molar-refractivity contribution is -0.169. The van der Waals surface area contributed by atoms with Crippen LogP contribution in [-0.2, 0) is 39.8 Å². The van der Waals surface area contributed by atoms with Crippen LogP contribution in [0.5, 0.6) is 0 Å². The number of hydrogen-bond donors (Lipinski definition) is 1. The normalized spacial score (nSPS) is 19.6. The van der Waals surface area contributed by atoms with E-state index in [2.05, 4.69) is 0 Å². The Balaban J connectivity index is 1.57. The molecule has 2 atom stereocenters. The molecule has 2 N–H and O–H groups in total. The zero-order valence-corrected chi connectivity index (χ0v) is 22.5. The molecule has 2 aliphatic heterocycles. The van der Waals surface area contributed by atoms with Gasteiger partial charge in [-0.3, -0.25) is 14.5 Å². The number of unbranched alkanes of at least 4 members (excludes halogenated alkanes) is 1. The van der Waals surface area contributed by atoms with Crippen molar-refractivity contribution in [1.82, 2.24) is 14.7 Å². The van der Waals surface area contributed by atoms with Crippen molar-refractivity contribution < 1.29 is 45.5 Å². The minimum Gasteiger partial charge on any atom is -0.444 e. The number of benzene rings is 2. The van der Waals surface area contributed by atoms with Crippen LogP contribution in [0.15, 0.2) is 48.5 Å². The van der Waals surface area contributed by atoms with Gasteiger partial charge in [0.15, 0.2) is 0 Å². The first-order chi connectivity index (χ1) is 19.8. The van der Waals surface area contributed by atoms with Crippen molar-refractivity contribution in [2.24, 2.45) is 5.73 Å². The molecule has 0 saturated carbocycles. The summed E-state index contributed by atoms with van der Waals surface area (Å²) >= 11 is 0. The Morgan fingerprint density at radius 3 is 2.17 bits per heavy atom. The highest BCUT2D eigenvalue weighted by Crippen LogP contribution is 2.37. The van der Waals surface area contributed by atoms with Gasteiger partial charge in [0, 0.05) is 19.5 Å². The highest BCUT2D eigenvalue weighted by molar-refractivity contribution is 5.90. The second kappa shape index (κ2) is 12.6. The smallest absolute Gasteiger partial charge is 0.416 e. The molecule has 3 amide bonds. The molecule has 14 heteroatoms. The van der Waals surface area contributed by atoms with Gasteiger partial charge in [-0.25, -0.2) is 4.79 Å². The van der Waals surface area contributed by atoms with E-state index in [0.717, 1.165) is 5.56 Å². The Morgan fingerprint density at radius 1 is 0.929 bits per heavy atom. The maximum atomic E-state index is 13.5. The maximum Gasteiger partial charge on any atom is 0.416 e. The van der Waals surface area contributed by atoms with Crippen LogP contribution in [0.4, 0.5) is 31.1 Å². The molecule has 2 aromatic carbocycles. The van der Waals surface area contributed by atoms with Gasteiger partial charge in [-0.2, -0.15) is 26.3 Å². The van der Waals surface area contributed by atoms with Gasteiger partial charge in [0.25, 0.3) is 0 Å². The van der Waals surface area contributed by atoms with Crippen molar-refractivity contribution in [3.63, 3.8) is 0 Å². The molecule has 2 heterocycles. The van der Waals surface area contributed by atoms with Crippen LogP contribution in [0.1, 0.15) is 47.9 Å². The summed E-state index contributed by atoms with van der Waals surface area (Å²) in [5.41, 5.74) is 2.87. The second-order valence-electron chi connectivity index (χ2n) is 10.2. The van der Waals surface area contributed by atoms with Crippen molar-refractivity contribution in [1.29, 1.82) is 0 Å². The van der Waals surface area contributed by atoms with E-state index >= 15 is 0 Å². The Hall–Kier alpha value is -3.81. The third-order valence-corrected chi connectivity index (χ3v) is 7.24. The molecule has 0 spiro atoms. The predicted octanol–water partition coefficient (Wildman–Crippen LogP) is 4.76. The average molecular weight is 601 g/mol. The van der Waals surface area contributed by atoms with Crippen molar-refractivity contribution >= 4 is 17.9 Å². The fourth-order valence-electron chi connectivity index (χ4n) is 5.23. The minimum atomic E-state index is -5.05. The van der Waals surface area contributed by atoms with Gasteiger partial charge in [-0.1, -0.05) is 30.3 Å². The SMILES string of the molecule is NCCCC[C@H]1C(=O)N(Cc2ccccc2)C[C@@H]2N(C(=O)OCc3cc(C(F)(F)F)cc(C(F)(F)F)c3)CCC(=O)N21. The molecule has 0 radical (unpaired) electrons. The molecule has 0 aromatic heterocycles. The fourth-order valence-corrected chi connectivity index (χ4v) is 5.23. The molecule has 2 aromatic rings. The number of hydrogen-bond acceptors (Lipinski definition) is 5. The quantitative estimate of drug-likeness (QED) is 0.348. The first-order valence-corrected chi connectivity index (χ1v) is 13.3. The van der Waals surface area contributed by atoms with Crippen LogP contribution in [0.25, 0.3) is 0 Å². The van der Waals surface area contributed by atoms with Crippen molar-refractivity contribution in [2.45, 2.75) is 63.4 Å². The Labute approximate surface area is 238 Å². The molecule has 0 aliphatic carbocycles. The van der Waals surface area contributed by atoms with E-state index in [-0.39, 0.29) is 43.9 Å². The van der Waals surface area contributed by atoms with Crippen LogP contribution in [0, 0.1) is 0 Å². The van der Waals surface area contributed by atoms with E-state index in [4.69, 9.17) is 10.5 Å². The van der Waals surface area contributed by atoms with Crippen molar-refractivity contribution in [3.8, 4) is 0 Å². The summed E-state index contributed by atoms with van der Waals surface area (Å²) in [5, 5.41) is 0. The van der Waals surface area contributed by atoms with E-state index in [1.165, 1.54) is 14.7 Å². The Kier molecular flexibility index (Phi) is 9.34. The minimum absolute atomic E-state index is 0.00931. The fraction of sp³-hybridized carbons (Fsp3) is 0.464. The summed E-state index contributed by atoms with van der Waals surface area (Å²) in [6.45, 7) is -0.424. The summed E-state index contributed by atoms with van der Waals surface area (Å²) in [4.78, 5) is 43.8. The van der Waals surface area contributed by atoms with Gasteiger partial charge >= 0.3 is 18.4 Å². The first kappa shape index (κ1) is 31.1. The lowest BCUT2D eigenvalue weighted by Gasteiger charge is -2.52. The third kappa shape index (κ3) is 7.15. The summed E-state index contributed by atoms with van der Waals surface area (Å²) in [5.74, 6) is -0.637. The number of piperazine rings is 1. The van der Waals surface area contributed by atoms with Gasteiger partial charge in [0.2, 0.25) is 11.8 Å². The van der Waals surface area contributed by atoms with E-state index in [0.29, 0.717) is 37.9 Å². The summed E-state index contributed by atoms with van der Waals surface area (Å²) in [7, 11) is 0. The molecule has 2 fully saturated rings. The van der Waals surface area contributed by atoms with Crippen LogP contribution in [0.2, 0.25) is 0 Å². The standard InChI is InChI=1S/C28H30F6N4O4/c29-27(30,31)20-12-19(13-21(14-20)28(32,33)34)17-42-26(41)37-11-9-24(39)38-22(8-4-5-10-35)25(40)36(16-23(37)38)15-18-6-2-1-3-7-18/h1-3,6-7,12-14,22-23H,4-5,8-11,15-17,35H2/t22-,23+/m0/s1. The third-order valence-electron chi connectivity index (χ3n) is 7.24. The highest BCUT2D eigenvalue weighted by Gasteiger charge is 2.49. The zero-order chi connectivity index (χ0) is 30.7. The molecular formula is C28H30F6N4O4.